The zero-order valence-corrected chi connectivity index (χ0v) is 13.1. The molecule has 1 heterocycles. The molecule has 0 aromatic rings. The van der Waals surface area contributed by atoms with Crippen LogP contribution in [0.15, 0.2) is 0 Å². The highest BCUT2D eigenvalue weighted by Gasteiger charge is 2.45. The molecule has 2 aliphatic rings. The number of carbonyl (C=O) groups is 3. The predicted octanol–water partition coefficient (Wildman–Crippen LogP) is 0.941. The first kappa shape index (κ1) is 16.6. The maximum absolute atomic E-state index is 12.9. The highest BCUT2D eigenvalue weighted by atomic mass is 16.4. The lowest BCUT2D eigenvalue weighted by molar-refractivity contribution is -0.147. The number of nitrogens with one attached hydrogen (secondary N) is 2. The quantitative estimate of drug-likeness (QED) is 0.719. The molecule has 124 valence electrons. The van der Waals surface area contributed by atoms with E-state index in [4.69, 9.17) is 5.11 Å². The fourth-order valence-corrected chi connectivity index (χ4v) is 3.43. The van der Waals surface area contributed by atoms with Crippen molar-refractivity contribution in [1.82, 2.24) is 15.5 Å². The molecule has 0 atom stereocenters. The summed E-state index contributed by atoms with van der Waals surface area (Å²) in [6.07, 6.45) is 4.12. The second-order valence-electron chi connectivity index (χ2n) is 6.18. The molecule has 0 spiro atoms. The SMILES string of the molecule is CCNC(=O)NC1(C(=O)N2CCC(C(=O)O)CC2)CCCC1. The van der Waals surface area contributed by atoms with Crippen molar-refractivity contribution >= 4 is 17.9 Å². The summed E-state index contributed by atoms with van der Waals surface area (Å²) in [5.74, 6) is -1.21. The number of urea groups is 1. The van der Waals surface area contributed by atoms with Crippen molar-refractivity contribution in [2.45, 2.75) is 51.0 Å². The van der Waals surface area contributed by atoms with Gasteiger partial charge in [0.2, 0.25) is 5.91 Å². The first-order valence-corrected chi connectivity index (χ1v) is 8.06. The maximum atomic E-state index is 12.9. The van der Waals surface area contributed by atoms with Crippen LogP contribution in [0.5, 0.6) is 0 Å². The number of hydrogen-bond donors (Lipinski definition) is 3. The molecule has 7 heteroatoms. The minimum absolute atomic E-state index is 0.0555. The molecular formula is C15H25N3O4. The lowest BCUT2D eigenvalue weighted by Crippen LogP contribution is -2.61. The summed E-state index contributed by atoms with van der Waals surface area (Å²) in [5.41, 5.74) is -0.810. The van der Waals surface area contributed by atoms with Gasteiger partial charge in [0.25, 0.3) is 0 Å². The zero-order chi connectivity index (χ0) is 16.2. The van der Waals surface area contributed by atoms with Crippen LogP contribution in [-0.2, 0) is 9.59 Å². The van der Waals surface area contributed by atoms with E-state index >= 15 is 0 Å². The largest absolute Gasteiger partial charge is 0.481 e. The van der Waals surface area contributed by atoms with Gasteiger partial charge in [-0.05, 0) is 32.6 Å². The van der Waals surface area contributed by atoms with Crippen LogP contribution in [0.2, 0.25) is 0 Å². The van der Waals surface area contributed by atoms with Gasteiger partial charge in [-0.2, -0.15) is 0 Å². The second-order valence-corrected chi connectivity index (χ2v) is 6.18. The number of carboxylic acid groups (broad SMARTS) is 1. The van der Waals surface area contributed by atoms with Crippen LogP contribution in [0.4, 0.5) is 4.79 Å². The Labute approximate surface area is 130 Å². The predicted molar refractivity (Wildman–Crippen MR) is 80.3 cm³/mol. The van der Waals surface area contributed by atoms with Crippen LogP contribution in [0.25, 0.3) is 0 Å². The summed E-state index contributed by atoms with van der Waals surface area (Å²) >= 11 is 0. The Morgan fingerprint density at radius 2 is 1.77 bits per heavy atom. The van der Waals surface area contributed by atoms with Gasteiger partial charge < -0.3 is 20.6 Å². The lowest BCUT2D eigenvalue weighted by atomic mass is 9.91. The van der Waals surface area contributed by atoms with Gasteiger partial charge in [-0.15, -0.1) is 0 Å². The topological polar surface area (TPSA) is 98.7 Å². The lowest BCUT2D eigenvalue weighted by Gasteiger charge is -2.38. The molecule has 0 unspecified atom stereocenters. The molecule has 3 amide bonds. The maximum Gasteiger partial charge on any atom is 0.315 e. The summed E-state index contributed by atoms with van der Waals surface area (Å²) in [6.45, 7) is 3.25. The molecule has 1 saturated heterocycles. The molecule has 2 fully saturated rings. The molecule has 3 N–H and O–H groups in total. The molecule has 22 heavy (non-hydrogen) atoms. The summed E-state index contributed by atoms with van der Waals surface area (Å²) in [4.78, 5) is 37.5. The van der Waals surface area contributed by atoms with Crippen molar-refractivity contribution in [3.63, 3.8) is 0 Å². The van der Waals surface area contributed by atoms with Crippen molar-refractivity contribution in [2.24, 2.45) is 5.92 Å². The van der Waals surface area contributed by atoms with Crippen molar-refractivity contribution < 1.29 is 19.5 Å². The van der Waals surface area contributed by atoms with Crippen molar-refractivity contribution in [1.29, 1.82) is 0 Å². The van der Waals surface area contributed by atoms with E-state index in [0.717, 1.165) is 12.8 Å². The molecule has 1 aliphatic heterocycles. The number of likely N-dealkylation sites (tertiary alicyclic amines) is 1. The van der Waals surface area contributed by atoms with E-state index < -0.39 is 11.5 Å². The summed E-state index contributed by atoms with van der Waals surface area (Å²) in [5, 5.41) is 14.6. The standard InChI is InChI=1S/C15H25N3O4/c1-2-16-14(22)17-15(7-3-4-8-15)13(21)18-9-5-11(6-10-18)12(19)20/h11H,2-10H2,1H3,(H,19,20)(H2,16,17,22). The molecule has 2 rings (SSSR count). The van der Waals surface area contributed by atoms with E-state index in [2.05, 4.69) is 10.6 Å². The van der Waals surface area contributed by atoms with Crippen LogP contribution in [0, 0.1) is 5.92 Å². The Morgan fingerprint density at radius 3 is 2.27 bits per heavy atom. The summed E-state index contributed by atoms with van der Waals surface area (Å²) < 4.78 is 0. The van der Waals surface area contributed by atoms with Crippen LogP contribution in [0.3, 0.4) is 0 Å². The van der Waals surface area contributed by atoms with Crippen molar-refractivity contribution in [3.05, 3.63) is 0 Å². The van der Waals surface area contributed by atoms with E-state index in [1.54, 1.807) is 4.90 Å². The van der Waals surface area contributed by atoms with Gasteiger partial charge in [0, 0.05) is 19.6 Å². The van der Waals surface area contributed by atoms with Crippen molar-refractivity contribution in [2.75, 3.05) is 19.6 Å². The molecule has 0 radical (unpaired) electrons. The zero-order valence-electron chi connectivity index (χ0n) is 13.1. The Bertz CT molecular complexity index is 438. The molecule has 0 aromatic carbocycles. The van der Waals surface area contributed by atoms with Crippen molar-refractivity contribution in [3.8, 4) is 0 Å². The second kappa shape index (κ2) is 6.98. The average Bonchev–Trinajstić information content (AvgIpc) is 2.96. The minimum atomic E-state index is -0.810. The Balaban J connectivity index is 2.01. The van der Waals surface area contributed by atoms with Crippen LogP contribution < -0.4 is 10.6 Å². The van der Waals surface area contributed by atoms with Crippen LogP contribution in [0.1, 0.15) is 45.4 Å². The van der Waals surface area contributed by atoms with E-state index in [1.807, 2.05) is 6.92 Å². The van der Waals surface area contributed by atoms with Gasteiger partial charge >= 0.3 is 12.0 Å². The normalized spacial score (nSPS) is 21.4. The van der Waals surface area contributed by atoms with E-state index in [1.165, 1.54) is 0 Å². The third-order valence-electron chi connectivity index (χ3n) is 4.69. The summed E-state index contributed by atoms with van der Waals surface area (Å²) in [6, 6.07) is -0.307. The van der Waals surface area contributed by atoms with Crippen LogP contribution >= 0.6 is 0 Å². The molecular weight excluding hydrogens is 286 g/mol. The molecule has 7 nitrogen and oxygen atoms in total. The number of piperidine rings is 1. The third kappa shape index (κ3) is 3.51. The fraction of sp³-hybridized carbons (Fsp3) is 0.800. The fourth-order valence-electron chi connectivity index (χ4n) is 3.43. The van der Waals surface area contributed by atoms with E-state index in [-0.39, 0.29) is 17.9 Å². The first-order valence-electron chi connectivity index (χ1n) is 8.06. The Hall–Kier alpha value is -1.79. The average molecular weight is 311 g/mol. The van der Waals surface area contributed by atoms with Gasteiger partial charge in [-0.25, -0.2) is 4.79 Å². The first-order chi connectivity index (χ1) is 10.5. The highest BCUT2D eigenvalue weighted by Crippen LogP contribution is 2.33. The van der Waals surface area contributed by atoms with Gasteiger partial charge in [0.05, 0.1) is 5.92 Å². The number of amides is 3. The van der Waals surface area contributed by atoms with Gasteiger partial charge in [0.15, 0.2) is 0 Å². The Morgan fingerprint density at radius 1 is 1.18 bits per heavy atom. The smallest absolute Gasteiger partial charge is 0.315 e. The van der Waals surface area contributed by atoms with E-state index in [0.29, 0.717) is 45.3 Å². The highest BCUT2D eigenvalue weighted by molar-refractivity contribution is 5.91. The summed E-state index contributed by atoms with van der Waals surface area (Å²) in [7, 11) is 0. The van der Waals surface area contributed by atoms with Gasteiger partial charge in [-0.1, -0.05) is 12.8 Å². The monoisotopic (exact) mass is 311 g/mol. The molecule has 0 aromatic heterocycles. The number of hydrogen-bond acceptors (Lipinski definition) is 3. The van der Waals surface area contributed by atoms with Gasteiger partial charge in [-0.3, -0.25) is 9.59 Å². The molecule has 0 bridgehead atoms. The third-order valence-corrected chi connectivity index (χ3v) is 4.69. The molecule has 1 saturated carbocycles. The van der Waals surface area contributed by atoms with Crippen LogP contribution in [-0.4, -0.2) is 53.1 Å². The van der Waals surface area contributed by atoms with Gasteiger partial charge in [0.1, 0.15) is 5.54 Å². The number of nitrogens with zero attached hydrogens (tertiary/aromatic N) is 1. The van der Waals surface area contributed by atoms with E-state index in [9.17, 15) is 14.4 Å². The number of carboxylic acids is 1. The minimum Gasteiger partial charge on any atom is -0.481 e. The molecule has 1 aliphatic carbocycles. The Kier molecular flexibility index (Phi) is 5.26. The number of carbonyl (C=O) groups excluding carboxylic acids is 2. The number of aliphatic carboxylic acids is 1. The number of rotatable bonds is 4.